The topological polar surface area (TPSA) is 410 Å². The van der Waals surface area contributed by atoms with Crippen molar-refractivity contribution in [3.63, 3.8) is 0 Å². The number of nitriles is 1. The molecule has 25 nitrogen and oxygen atoms in total. The van der Waals surface area contributed by atoms with Crippen LogP contribution in [-0.4, -0.2) is 116 Å². The fraction of sp³-hybridized carbons (Fsp3) is 0.304. The maximum atomic E-state index is 12.3. The molecule has 0 radical (unpaired) electrons. The zero-order chi connectivity index (χ0) is 41.1. The maximum Gasteiger partial charge on any atom is 0.397 e. The Balaban J connectivity index is 2.17. The van der Waals surface area contributed by atoms with Crippen molar-refractivity contribution >= 4 is 94.8 Å². The summed E-state index contributed by atoms with van der Waals surface area (Å²) in [5.74, 6) is -2.18. The highest BCUT2D eigenvalue weighted by atomic mass is 32.3. The predicted octanol–water partition coefficient (Wildman–Crippen LogP) is 0.448. The van der Waals surface area contributed by atoms with Crippen molar-refractivity contribution in [2.24, 2.45) is 10.2 Å². The molecule has 1 heterocycles. The molecule has 0 unspecified atom stereocenters. The van der Waals surface area contributed by atoms with Crippen molar-refractivity contribution in [1.29, 1.82) is 5.26 Å². The molecule has 0 saturated heterocycles. The zero-order valence-corrected chi connectivity index (χ0v) is 31.6. The lowest BCUT2D eigenvalue weighted by atomic mass is 10.1. The van der Waals surface area contributed by atoms with Crippen LogP contribution < -0.4 is 10.6 Å². The zero-order valence-electron chi connectivity index (χ0n) is 26.7. The molecule has 54 heavy (non-hydrogen) atoms. The third kappa shape index (κ3) is 12.5. The molecule has 0 fully saturated rings. The number of sulfone groups is 1. The first kappa shape index (κ1) is 44.4. The minimum atomic E-state index is -5.37. The van der Waals surface area contributed by atoms with Crippen molar-refractivity contribution in [2.45, 2.75) is 21.6 Å². The lowest BCUT2D eigenvalue weighted by Gasteiger charge is -2.16. The van der Waals surface area contributed by atoms with Crippen LogP contribution in [0.15, 0.2) is 49.2 Å². The molecule has 3 rings (SSSR count). The first-order chi connectivity index (χ1) is 24.5. The second-order valence-corrected chi connectivity index (χ2v) is 19.0. The molecule has 1 aromatic heterocycles. The van der Waals surface area contributed by atoms with Crippen LogP contribution in [0.3, 0.4) is 0 Å². The van der Waals surface area contributed by atoms with Gasteiger partial charge < -0.3 is 10.6 Å². The Bertz CT molecular complexity index is 2730. The van der Waals surface area contributed by atoms with Gasteiger partial charge in [0.15, 0.2) is 15.7 Å². The lowest BCUT2D eigenvalue weighted by molar-refractivity contribution is 0.278. The summed E-state index contributed by atoms with van der Waals surface area (Å²) in [5.41, 5.74) is -1.35. The largest absolute Gasteiger partial charge is 0.397 e. The molecule has 0 aliphatic rings. The van der Waals surface area contributed by atoms with Crippen LogP contribution >= 0.6 is 0 Å². The number of azo groups is 1. The van der Waals surface area contributed by atoms with E-state index in [9.17, 15) is 69.4 Å². The fourth-order valence-corrected chi connectivity index (χ4v) is 8.01. The van der Waals surface area contributed by atoms with Gasteiger partial charge in [0.2, 0.25) is 0 Å². The van der Waals surface area contributed by atoms with E-state index < -0.39 is 130 Å². The number of nitrogens with zero attached hydrogens (tertiary/aromatic N) is 4. The van der Waals surface area contributed by atoms with Gasteiger partial charge in [-0.1, -0.05) is 0 Å². The van der Waals surface area contributed by atoms with E-state index in [2.05, 4.69) is 34.2 Å². The summed E-state index contributed by atoms with van der Waals surface area (Å²) in [6.07, 6.45) is 0. The van der Waals surface area contributed by atoms with Gasteiger partial charge in [0, 0.05) is 29.4 Å². The van der Waals surface area contributed by atoms with Gasteiger partial charge >= 0.3 is 20.8 Å². The van der Waals surface area contributed by atoms with Gasteiger partial charge in [0.25, 0.3) is 30.4 Å². The minimum Gasteiger partial charge on any atom is -0.368 e. The van der Waals surface area contributed by atoms with Crippen molar-refractivity contribution in [2.75, 3.05) is 48.4 Å². The van der Waals surface area contributed by atoms with Gasteiger partial charge in [-0.05, 0) is 31.2 Å². The van der Waals surface area contributed by atoms with Crippen LogP contribution in [0.2, 0.25) is 0 Å². The minimum absolute atomic E-state index is 0.0893. The monoisotopic (exact) mass is 882 g/mol. The van der Waals surface area contributed by atoms with Gasteiger partial charge in [-0.25, -0.2) is 21.8 Å². The van der Waals surface area contributed by atoms with E-state index in [1.807, 2.05) is 0 Å². The number of anilines is 2. The fourth-order valence-electron chi connectivity index (χ4n) is 4.31. The molecular formula is C23H26N6O19S6. The van der Waals surface area contributed by atoms with E-state index in [4.69, 9.17) is 9.11 Å². The second-order valence-electron chi connectivity index (χ2n) is 10.4. The van der Waals surface area contributed by atoms with Crippen molar-refractivity contribution in [3.8, 4) is 6.07 Å². The molecule has 0 aliphatic heterocycles. The molecule has 0 atom stereocenters. The summed E-state index contributed by atoms with van der Waals surface area (Å²) in [6, 6.07) is 3.91. The Morgan fingerprint density at radius 3 is 1.76 bits per heavy atom. The number of pyridine rings is 1. The molecule has 3 aromatic rings. The smallest absolute Gasteiger partial charge is 0.368 e. The van der Waals surface area contributed by atoms with Crippen LogP contribution in [0.1, 0.15) is 11.1 Å². The highest BCUT2D eigenvalue weighted by Gasteiger charge is 2.26. The Morgan fingerprint density at radius 2 is 1.22 bits per heavy atom. The third-order valence-corrected chi connectivity index (χ3v) is 11.7. The predicted molar refractivity (Wildman–Crippen MR) is 182 cm³/mol. The molecule has 0 spiro atoms. The maximum absolute atomic E-state index is 12.3. The van der Waals surface area contributed by atoms with Gasteiger partial charge in [-0.2, -0.15) is 52.5 Å². The van der Waals surface area contributed by atoms with Gasteiger partial charge in [-0.15, -0.1) is 5.11 Å². The Kier molecular flexibility index (Phi) is 13.4. The number of nitrogens with one attached hydrogen (secondary N) is 2. The average Bonchev–Trinajstić information content (AvgIpc) is 2.99. The number of hydrogen-bond donors (Lipinski definition) is 7. The van der Waals surface area contributed by atoms with Gasteiger partial charge in [0.05, 0.1) is 40.9 Å². The van der Waals surface area contributed by atoms with Crippen LogP contribution in [0.5, 0.6) is 0 Å². The van der Waals surface area contributed by atoms with Crippen LogP contribution in [0, 0.1) is 18.3 Å². The molecule has 0 saturated carbocycles. The summed E-state index contributed by atoms with van der Waals surface area (Å²) in [7, 11) is -29.8. The SMILES string of the molecule is Cc1c(C#N)c(NCCS(=O)(=O)CCOS(=O)(=O)O)nc(NCCOS(=O)(=O)O)c1N=Nc1cc(S(=O)(=O)O)c2cc(S(=O)(=O)O)cc(S(=O)(=O)O)c2c1. The van der Waals surface area contributed by atoms with E-state index in [1.165, 1.54) is 6.92 Å². The summed E-state index contributed by atoms with van der Waals surface area (Å²) >= 11 is 0. The average molecular weight is 883 g/mol. The summed E-state index contributed by atoms with van der Waals surface area (Å²) in [6.45, 7) is -1.28. The number of aromatic nitrogens is 1. The van der Waals surface area contributed by atoms with Crippen molar-refractivity contribution < 1.29 is 81.6 Å². The van der Waals surface area contributed by atoms with Crippen LogP contribution in [-0.2, 0) is 69.4 Å². The molecule has 31 heteroatoms. The molecule has 7 N–H and O–H groups in total. The quantitative estimate of drug-likeness (QED) is 0.0518. The van der Waals surface area contributed by atoms with E-state index in [-0.39, 0.29) is 34.5 Å². The summed E-state index contributed by atoms with van der Waals surface area (Å²) < 4.78 is 195. The highest BCUT2D eigenvalue weighted by Crippen LogP contribution is 2.38. The van der Waals surface area contributed by atoms with E-state index >= 15 is 0 Å². The van der Waals surface area contributed by atoms with Crippen LogP contribution in [0.25, 0.3) is 10.8 Å². The first-order valence-corrected chi connectivity index (χ1v) is 22.7. The summed E-state index contributed by atoms with van der Waals surface area (Å²) in [4.78, 5) is 0.526. The standard InChI is InChI=1S/C23H26N6O19S6/c1-13-18(12-24)22(26-3-6-49(30,31)7-5-48-54(44,45)46)27-23(25-2-4-47-53(41,42)43)21(13)29-28-14-8-16-17(19(9-14)51(35,36)37)10-15(50(32,33)34)11-20(16)52(38,39)40/h8-11H,2-7H2,1H3,(H2,25,26,27)(H,32,33,34)(H,35,36,37)(H,38,39,40)(H,41,42,43)(H,44,45,46). The second kappa shape index (κ2) is 16.4. The van der Waals surface area contributed by atoms with E-state index in [0.29, 0.717) is 12.1 Å². The third-order valence-electron chi connectivity index (χ3n) is 6.56. The normalized spacial score (nSPS) is 13.3. The molecule has 0 aliphatic carbocycles. The summed E-state index contributed by atoms with van der Waals surface area (Å²) in [5, 5.41) is 21.2. The van der Waals surface area contributed by atoms with Crippen molar-refractivity contribution in [1.82, 2.24) is 4.98 Å². The Morgan fingerprint density at radius 1 is 0.685 bits per heavy atom. The molecule has 0 amide bonds. The van der Waals surface area contributed by atoms with Gasteiger partial charge in [-0.3, -0.25) is 22.8 Å². The number of fused-ring (bicyclic) bond motifs is 1. The lowest BCUT2D eigenvalue weighted by Crippen LogP contribution is -2.23. The molecule has 0 bridgehead atoms. The van der Waals surface area contributed by atoms with Crippen LogP contribution in [0.4, 0.5) is 23.0 Å². The number of rotatable bonds is 18. The van der Waals surface area contributed by atoms with E-state index in [0.717, 1.165) is 6.07 Å². The highest BCUT2D eigenvalue weighted by molar-refractivity contribution is 7.91. The van der Waals surface area contributed by atoms with E-state index in [1.54, 1.807) is 6.07 Å². The first-order valence-electron chi connectivity index (χ1n) is 13.8. The van der Waals surface area contributed by atoms with Crippen molar-refractivity contribution in [3.05, 3.63) is 35.4 Å². The molecular weight excluding hydrogens is 857 g/mol. The Labute approximate surface area is 307 Å². The molecule has 2 aromatic carbocycles. The number of benzene rings is 2. The number of hydrogen-bond acceptors (Lipinski definition) is 20. The Hall–Kier alpha value is -4.04. The van der Waals surface area contributed by atoms with Gasteiger partial charge in [0.1, 0.15) is 27.4 Å². The molecule has 298 valence electrons.